The Morgan fingerprint density at radius 1 is 1.17 bits per heavy atom. The Morgan fingerprint density at radius 2 is 1.94 bits per heavy atom. The molecule has 4 heteroatoms. The molecule has 0 spiro atoms. The van der Waals surface area contributed by atoms with E-state index in [0.717, 1.165) is 22.1 Å². The standard InChI is InChI=1S/C14H13ClN2S/c15-11-7-5-10(6-8-11)9-16-14-17-12-3-1-2-4-13(12)18-14/h5-9H,1-4H2/b16-9+. The van der Waals surface area contributed by atoms with Crippen molar-refractivity contribution in [2.45, 2.75) is 25.7 Å². The molecule has 0 unspecified atom stereocenters. The molecule has 92 valence electrons. The lowest BCUT2D eigenvalue weighted by molar-refractivity contribution is 0.682. The monoisotopic (exact) mass is 276 g/mol. The van der Waals surface area contributed by atoms with E-state index in [0.29, 0.717) is 0 Å². The third-order valence-corrected chi connectivity index (χ3v) is 4.35. The van der Waals surface area contributed by atoms with Crippen LogP contribution in [0.25, 0.3) is 0 Å². The van der Waals surface area contributed by atoms with Gasteiger partial charge in [0.2, 0.25) is 5.13 Å². The molecule has 18 heavy (non-hydrogen) atoms. The Bertz CT molecular complexity index is 548. The van der Waals surface area contributed by atoms with Crippen molar-refractivity contribution in [1.29, 1.82) is 0 Å². The molecule has 0 radical (unpaired) electrons. The summed E-state index contributed by atoms with van der Waals surface area (Å²) in [6.07, 6.45) is 6.68. The first-order valence-corrected chi connectivity index (χ1v) is 7.29. The smallest absolute Gasteiger partial charge is 0.209 e. The highest BCUT2D eigenvalue weighted by Crippen LogP contribution is 2.31. The maximum absolute atomic E-state index is 5.84. The van der Waals surface area contributed by atoms with Crippen LogP contribution >= 0.6 is 22.9 Å². The summed E-state index contributed by atoms with van der Waals surface area (Å²) in [4.78, 5) is 10.4. The molecule has 3 rings (SSSR count). The maximum atomic E-state index is 5.84. The molecule has 1 aliphatic rings. The van der Waals surface area contributed by atoms with Crippen LogP contribution in [0.3, 0.4) is 0 Å². The van der Waals surface area contributed by atoms with Crippen LogP contribution in [0.4, 0.5) is 5.13 Å². The number of hydrogen-bond donors (Lipinski definition) is 0. The number of thiazole rings is 1. The molecule has 2 nitrogen and oxygen atoms in total. The van der Waals surface area contributed by atoms with Gasteiger partial charge in [-0.25, -0.2) is 9.98 Å². The summed E-state index contributed by atoms with van der Waals surface area (Å²) in [6.45, 7) is 0. The third-order valence-electron chi connectivity index (χ3n) is 3.03. The van der Waals surface area contributed by atoms with Crippen molar-refractivity contribution in [2.24, 2.45) is 4.99 Å². The number of benzene rings is 1. The van der Waals surface area contributed by atoms with E-state index < -0.39 is 0 Å². The number of rotatable bonds is 2. The second-order valence-electron chi connectivity index (χ2n) is 4.38. The van der Waals surface area contributed by atoms with Crippen molar-refractivity contribution in [3.8, 4) is 0 Å². The first-order valence-electron chi connectivity index (χ1n) is 6.09. The van der Waals surface area contributed by atoms with Gasteiger partial charge >= 0.3 is 0 Å². The van der Waals surface area contributed by atoms with Gasteiger partial charge in [-0.2, -0.15) is 0 Å². The van der Waals surface area contributed by atoms with Crippen molar-refractivity contribution in [3.05, 3.63) is 45.4 Å². The molecule has 1 heterocycles. The van der Waals surface area contributed by atoms with Crippen LogP contribution in [0.5, 0.6) is 0 Å². The number of aromatic nitrogens is 1. The predicted molar refractivity (Wildman–Crippen MR) is 77.5 cm³/mol. The van der Waals surface area contributed by atoms with Crippen LogP contribution in [0, 0.1) is 0 Å². The molecule has 0 bridgehead atoms. The summed E-state index contributed by atoms with van der Waals surface area (Å²) in [5, 5.41) is 1.62. The molecule has 0 atom stereocenters. The molecule has 1 aromatic heterocycles. The Labute approximate surface area is 115 Å². The number of hydrogen-bond acceptors (Lipinski definition) is 3. The molecular formula is C14H13ClN2S. The second-order valence-corrected chi connectivity index (χ2v) is 5.88. The molecular weight excluding hydrogens is 264 g/mol. The van der Waals surface area contributed by atoms with Crippen molar-refractivity contribution < 1.29 is 0 Å². The molecule has 0 N–H and O–H groups in total. The van der Waals surface area contributed by atoms with E-state index in [-0.39, 0.29) is 0 Å². The number of fused-ring (bicyclic) bond motifs is 1. The number of nitrogens with zero attached hydrogens (tertiary/aromatic N) is 2. The zero-order chi connectivity index (χ0) is 12.4. The molecule has 2 aromatic rings. The van der Waals surface area contributed by atoms with E-state index in [9.17, 15) is 0 Å². The van der Waals surface area contributed by atoms with Crippen LogP contribution in [0.2, 0.25) is 5.02 Å². The Balaban J connectivity index is 1.79. The largest absolute Gasteiger partial charge is 0.227 e. The SMILES string of the molecule is Clc1ccc(/C=N/c2nc3c(s2)CCCC3)cc1. The van der Waals surface area contributed by atoms with Gasteiger partial charge < -0.3 is 0 Å². The minimum atomic E-state index is 0.747. The summed E-state index contributed by atoms with van der Waals surface area (Å²) >= 11 is 7.57. The van der Waals surface area contributed by atoms with Gasteiger partial charge in [-0.1, -0.05) is 35.1 Å². The van der Waals surface area contributed by atoms with Crippen LogP contribution in [0.15, 0.2) is 29.3 Å². The van der Waals surface area contributed by atoms with Gasteiger partial charge in [-0.3, -0.25) is 0 Å². The molecule has 0 saturated heterocycles. The Hall–Kier alpha value is -1.19. The van der Waals surface area contributed by atoms with E-state index in [4.69, 9.17) is 11.6 Å². The summed E-state index contributed by atoms with van der Waals surface area (Å²) in [5.74, 6) is 0. The lowest BCUT2D eigenvalue weighted by Gasteiger charge is -2.06. The average Bonchev–Trinajstić information content (AvgIpc) is 2.81. The van der Waals surface area contributed by atoms with Gasteiger partial charge in [0.1, 0.15) is 0 Å². The highest BCUT2D eigenvalue weighted by Gasteiger charge is 2.14. The lowest BCUT2D eigenvalue weighted by Crippen LogP contribution is -1.98. The summed E-state index contributed by atoms with van der Waals surface area (Å²) in [5.41, 5.74) is 2.31. The molecule has 1 aromatic carbocycles. The fraction of sp³-hybridized carbons (Fsp3) is 0.286. The first-order chi connectivity index (χ1) is 8.81. The fourth-order valence-electron chi connectivity index (χ4n) is 2.07. The maximum Gasteiger partial charge on any atom is 0.209 e. The Morgan fingerprint density at radius 3 is 2.72 bits per heavy atom. The average molecular weight is 277 g/mol. The molecule has 1 aliphatic carbocycles. The Kier molecular flexibility index (Phi) is 3.43. The minimum absolute atomic E-state index is 0.747. The fourth-order valence-corrected chi connectivity index (χ4v) is 3.19. The van der Waals surface area contributed by atoms with Crippen molar-refractivity contribution in [2.75, 3.05) is 0 Å². The molecule has 0 saturated carbocycles. The quantitative estimate of drug-likeness (QED) is 0.745. The van der Waals surface area contributed by atoms with E-state index >= 15 is 0 Å². The van der Waals surface area contributed by atoms with Crippen LogP contribution in [0.1, 0.15) is 29.0 Å². The van der Waals surface area contributed by atoms with Gasteiger partial charge in [-0.05, 0) is 43.4 Å². The van der Waals surface area contributed by atoms with E-state index in [1.807, 2.05) is 30.5 Å². The molecule has 0 fully saturated rings. The molecule has 0 amide bonds. The summed E-state index contributed by atoms with van der Waals surface area (Å²) in [6, 6.07) is 7.66. The lowest BCUT2D eigenvalue weighted by atomic mass is 10.0. The van der Waals surface area contributed by atoms with Crippen molar-refractivity contribution in [3.63, 3.8) is 0 Å². The third kappa shape index (κ3) is 2.62. The highest BCUT2D eigenvalue weighted by atomic mass is 35.5. The second kappa shape index (κ2) is 5.21. The predicted octanol–water partition coefficient (Wildman–Crippen LogP) is 4.43. The van der Waals surface area contributed by atoms with Gasteiger partial charge in [0.25, 0.3) is 0 Å². The zero-order valence-corrected chi connectivity index (χ0v) is 11.5. The van der Waals surface area contributed by atoms with Gasteiger partial charge in [0, 0.05) is 16.1 Å². The van der Waals surface area contributed by atoms with Crippen LogP contribution in [-0.4, -0.2) is 11.2 Å². The zero-order valence-electron chi connectivity index (χ0n) is 9.90. The van der Waals surface area contributed by atoms with Gasteiger partial charge in [0.15, 0.2) is 0 Å². The van der Waals surface area contributed by atoms with E-state index in [1.165, 1.54) is 29.8 Å². The van der Waals surface area contributed by atoms with E-state index in [2.05, 4.69) is 9.98 Å². The van der Waals surface area contributed by atoms with Gasteiger partial charge in [-0.15, -0.1) is 0 Å². The van der Waals surface area contributed by atoms with Gasteiger partial charge in [0.05, 0.1) is 5.69 Å². The topological polar surface area (TPSA) is 25.2 Å². The van der Waals surface area contributed by atoms with Crippen LogP contribution in [-0.2, 0) is 12.8 Å². The normalized spacial score (nSPS) is 14.9. The number of halogens is 1. The first kappa shape index (κ1) is 11.9. The molecule has 0 aliphatic heterocycles. The summed E-state index contributed by atoms with van der Waals surface area (Å²) in [7, 11) is 0. The van der Waals surface area contributed by atoms with Crippen molar-refractivity contribution >= 4 is 34.3 Å². The van der Waals surface area contributed by atoms with E-state index in [1.54, 1.807) is 11.3 Å². The van der Waals surface area contributed by atoms with Crippen LogP contribution < -0.4 is 0 Å². The minimum Gasteiger partial charge on any atom is -0.227 e. The summed E-state index contributed by atoms with van der Waals surface area (Å²) < 4.78 is 0. The van der Waals surface area contributed by atoms with Crippen molar-refractivity contribution in [1.82, 2.24) is 4.98 Å². The number of aryl methyl sites for hydroxylation is 2. The highest BCUT2D eigenvalue weighted by molar-refractivity contribution is 7.15. The number of aliphatic imine (C=N–C) groups is 1.